The summed E-state index contributed by atoms with van der Waals surface area (Å²) in [6, 6.07) is 0.605. The lowest BCUT2D eigenvalue weighted by Crippen LogP contribution is -2.42. The highest BCUT2D eigenvalue weighted by Gasteiger charge is 2.40. The molecule has 1 saturated heterocycles. The van der Waals surface area contributed by atoms with Crippen LogP contribution in [0.4, 0.5) is 15.0 Å². The number of nitrogens with one attached hydrogen (secondary N) is 1. The van der Waals surface area contributed by atoms with Crippen LogP contribution in [0.15, 0.2) is 12.3 Å². The van der Waals surface area contributed by atoms with E-state index < -0.39 is 24.2 Å². The number of hydrogen-bond acceptors (Lipinski definition) is 3. The Kier molecular flexibility index (Phi) is 3.68. The predicted octanol–water partition coefficient (Wildman–Crippen LogP) is 0.932. The molecule has 0 aromatic carbocycles. The van der Waals surface area contributed by atoms with Gasteiger partial charge in [0.05, 0.1) is 6.54 Å². The van der Waals surface area contributed by atoms with Gasteiger partial charge in [0.15, 0.2) is 5.82 Å². The third kappa shape index (κ3) is 2.83. The van der Waals surface area contributed by atoms with Crippen LogP contribution in [0.1, 0.15) is 13.3 Å². The molecule has 0 spiro atoms. The molecule has 2 rings (SSSR count). The molecule has 0 saturated carbocycles. The van der Waals surface area contributed by atoms with Gasteiger partial charge >= 0.3 is 6.09 Å². The molecule has 7 nitrogen and oxygen atoms in total. The number of rotatable bonds is 3. The van der Waals surface area contributed by atoms with Crippen LogP contribution in [0.5, 0.6) is 0 Å². The Labute approximate surface area is 109 Å². The van der Waals surface area contributed by atoms with Crippen molar-refractivity contribution in [3.8, 4) is 0 Å². The quantitative estimate of drug-likeness (QED) is 0.855. The Morgan fingerprint density at radius 1 is 1.63 bits per heavy atom. The zero-order chi connectivity index (χ0) is 14.0. The molecule has 19 heavy (non-hydrogen) atoms. The molecule has 0 aliphatic carbocycles. The van der Waals surface area contributed by atoms with Crippen LogP contribution in [0, 0.1) is 0 Å². The first-order valence-electron chi connectivity index (χ1n) is 5.99. The molecule has 1 aromatic heterocycles. The van der Waals surface area contributed by atoms with E-state index in [9.17, 15) is 14.0 Å². The topological polar surface area (TPSA) is 87.5 Å². The first-order chi connectivity index (χ1) is 9.01. The van der Waals surface area contributed by atoms with Crippen molar-refractivity contribution >= 4 is 17.8 Å². The summed E-state index contributed by atoms with van der Waals surface area (Å²) < 4.78 is 14.9. The van der Waals surface area contributed by atoms with E-state index in [1.54, 1.807) is 16.9 Å². The average Bonchev–Trinajstić information content (AvgIpc) is 2.95. The number of carboxylic acid groups (broad SMARTS) is 1. The number of carbonyl (C=O) groups is 2. The van der Waals surface area contributed by atoms with E-state index in [0.29, 0.717) is 12.4 Å². The van der Waals surface area contributed by atoms with Gasteiger partial charge in [0.1, 0.15) is 12.2 Å². The van der Waals surface area contributed by atoms with Crippen molar-refractivity contribution in [2.24, 2.45) is 0 Å². The maximum absolute atomic E-state index is 13.2. The summed E-state index contributed by atoms with van der Waals surface area (Å²) in [5.74, 6) is -0.219. The Morgan fingerprint density at radius 3 is 2.95 bits per heavy atom. The molecule has 2 N–H and O–H groups in total. The number of likely N-dealkylation sites (tertiary alicyclic amines) is 1. The second kappa shape index (κ2) is 5.25. The van der Waals surface area contributed by atoms with E-state index in [1.807, 2.05) is 6.92 Å². The number of hydrogen-bond donors (Lipinski definition) is 2. The first kappa shape index (κ1) is 13.3. The molecule has 0 radical (unpaired) electrons. The molecular formula is C11H15FN4O3. The van der Waals surface area contributed by atoms with E-state index in [2.05, 4.69) is 10.4 Å². The molecule has 2 amide bonds. The molecule has 2 heterocycles. The number of alkyl halides is 1. The minimum atomic E-state index is -1.31. The fourth-order valence-corrected chi connectivity index (χ4v) is 2.06. The zero-order valence-electron chi connectivity index (χ0n) is 10.4. The van der Waals surface area contributed by atoms with Crippen LogP contribution in [0.3, 0.4) is 0 Å². The van der Waals surface area contributed by atoms with Gasteiger partial charge in [0.2, 0.25) is 5.91 Å². The Hall–Kier alpha value is -2.12. The van der Waals surface area contributed by atoms with Crippen LogP contribution in [0.25, 0.3) is 0 Å². The van der Waals surface area contributed by atoms with Crippen LogP contribution in [0.2, 0.25) is 0 Å². The van der Waals surface area contributed by atoms with Gasteiger partial charge < -0.3 is 10.4 Å². The number of aromatic nitrogens is 2. The van der Waals surface area contributed by atoms with Crippen molar-refractivity contribution in [1.29, 1.82) is 0 Å². The van der Waals surface area contributed by atoms with Gasteiger partial charge in [-0.1, -0.05) is 0 Å². The summed E-state index contributed by atoms with van der Waals surface area (Å²) in [7, 11) is 0. The molecule has 0 bridgehead atoms. The highest BCUT2D eigenvalue weighted by molar-refractivity contribution is 5.96. The van der Waals surface area contributed by atoms with Gasteiger partial charge in [-0.15, -0.1) is 0 Å². The van der Waals surface area contributed by atoms with Gasteiger partial charge in [0, 0.05) is 25.2 Å². The fourth-order valence-electron chi connectivity index (χ4n) is 2.06. The lowest BCUT2D eigenvalue weighted by atomic mass is 10.2. The molecule has 0 unspecified atom stereocenters. The van der Waals surface area contributed by atoms with E-state index >= 15 is 0 Å². The van der Waals surface area contributed by atoms with Crippen LogP contribution < -0.4 is 5.32 Å². The average molecular weight is 270 g/mol. The highest BCUT2D eigenvalue weighted by Crippen LogP contribution is 2.21. The summed E-state index contributed by atoms with van der Waals surface area (Å²) >= 11 is 0. The number of anilines is 1. The van der Waals surface area contributed by atoms with Crippen LogP contribution in [-0.2, 0) is 11.3 Å². The second-order valence-electron chi connectivity index (χ2n) is 4.33. The molecule has 1 aromatic rings. The molecule has 1 aliphatic heterocycles. The summed E-state index contributed by atoms with van der Waals surface area (Å²) in [6.07, 6.45) is -1.02. The predicted molar refractivity (Wildman–Crippen MR) is 64.6 cm³/mol. The molecular weight excluding hydrogens is 255 g/mol. The lowest BCUT2D eigenvalue weighted by Gasteiger charge is -2.19. The molecule has 2 atom stereocenters. The summed E-state index contributed by atoms with van der Waals surface area (Å²) in [5, 5.41) is 15.5. The fraction of sp³-hybridized carbons (Fsp3) is 0.545. The Bertz CT molecular complexity index is 490. The monoisotopic (exact) mass is 270 g/mol. The van der Waals surface area contributed by atoms with Gasteiger partial charge in [-0.2, -0.15) is 5.10 Å². The van der Waals surface area contributed by atoms with E-state index in [0.717, 1.165) is 4.90 Å². The van der Waals surface area contributed by atoms with Crippen molar-refractivity contribution in [1.82, 2.24) is 14.7 Å². The van der Waals surface area contributed by atoms with E-state index in [-0.39, 0.29) is 13.0 Å². The lowest BCUT2D eigenvalue weighted by molar-refractivity contribution is -0.120. The SMILES string of the molecule is CCn1ccc(NC(=O)[C@@H]2C[C@@H](F)CN2C(=O)O)n1. The Balaban J connectivity index is 2.04. The number of carbonyl (C=O) groups excluding carboxylic acids is 1. The van der Waals surface area contributed by atoms with Gasteiger partial charge in [-0.25, -0.2) is 9.18 Å². The third-order valence-corrected chi connectivity index (χ3v) is 3.01. The van der Waals surface area contributed by atoms with Crippen LogP contribution >= 0.6 is 0 Å². The van der Waals surface area contributed by atoms with Gasteiger partial charge in [-0.05, 0) is 6.92 Å². The molecule has 8 heteroatoms. The second-order valence-corrected chi connectivity index (χ2v) is 4.33. The number of halogens is 1. The minimum Gasteiger partial charge on any atom is -0.465 e. The van der Waals surface area contributed by atoms with Crippen molar-refractivity contribution in [2.45, 2.75) is 32.1 Å². The van der Waals surface area contributed by atoms with Crippen molar-refractivity contribution in [2.75, 3.05) is 11.9 Å². The highest BCUT2D eigenvalue weighted by atomic mass is 19.1. The first-order valence-corrected chi connectivity index (χ1v) is 5.99. The number of nitrogens with zero attached hydrogens (tertiary/aromatic N) is 3. The van der Waals surface area contributed by atoms with E-state index in [4.69, 9.17) is 5.11 Å². The molecule has 1 fully saturated rings. The summed E-state index contributed by atoms with van der Waals surface area (Å²) in [5.41, 5.74) is 0. The normalized spacial score (nSPS) is 22.5. The standard InChI is InChI=1S/C11H15FN4O3/c1-2-15-4-3-9(14-15)13-10(17)8-5-7(12)6-16(8)11(18)19/h3-4,7-8H,2,5-6H2,1H3,(H,18,19)(H,13,14,17)/t7-,8+/m1/s1. The third-order valence-electron chi connectivity index (χ3n) is 3.01. The van der Waals surface area contributed by atoms with Crippen molar-refractivity contribution in [3.63, 3.8) is 0 Å². The molecule has 104 valence electrons. The van der Waals surface area contributed by atoms with Gasteiger partial charge in [-0.3, -0.25) is 14.4 Å². The van der Waals surface area contributed by atoms with Crippen LogP contribution in [-0.4, -0.2) is 50.5 Å². The number of aryl methyl sites for hydroxylation is 1. The zero-order valence-corrected chi connectivity index (χ0v) is 10.4. The largest absolute Gasteiger partial charge is 0.465 e. The molecule has 1 aliphatic rings. The van der Waals surface area contributed by atoms with Crippen molar-refractivity contribution < 1.29 is 19.1 Å². The minimum absolute atomic E-state index is 0.118. The van der Waals surface area contributed by atoms with Crippen molar-refractivity contribution in [3.05, 3.63) is 12.3 Å². The summed E-state index contributed by atoms with van der Waals surface area (Å²) in [6.45, 7) is 2.29. The van der Waals surface area contributed by atoms with E-state index in [1.165, 1.54) is 0 Å². The summed E-state index contributed by atoms with van der Waals surface area (Å²) in [4.78, 5) is 23.7. The maximum atomic E-state index is 13.2. The maximum Gasteiger partial charge on any atom is 0.408 e. The Morgan fingerprint density at radius 2 is 2.37 bits per heavy atom. The van der Waals surface area contributed by atoms with Gasteiger partial charge in [0.25, 0.3) is 0 Å². The smallest absolute Gasteiger partial charge is 0.408 e. The number of amides is 2.